The van der Waals surface area contributed by atoms with E-state index in [1.54, 1.807) is 12.1 Å². The van der Waals surface area contributed by atoms with E-state index in [1.807, 2.05) is 6.92 Å². The van der Waals surface area contributed by atoms with Crippen LogP contribution in [0.4, 0.5) is 0 Å². The van der Waals surface area contributed by atoms with E-state index < -0.39 is 6.10 Å². The van der Waals surface area contributed by atoms with Crippen LogP contribution in [0.1, 0.15) is 18.8 Å². The zero-order valence-electron chi connectivity index (χ0n) is 6.83. The van der Waals surface area contributed by atoms with E-state index in [1.165, 1.54) is 0 Å². The fourth-order valence-electron chi connectivity index (χ4n) is 0.897. The minimum atomic E-state index is -0.610. The van der Waals surface area contributed by atoms with Gasteiger partial charge < -0.3 is 15.3 Å². The van der Waals surface area contributed by atoms with E-state index in [2.05, 4.69) is 15.9 Å². The summed E-state index contributed by atoms with van der Waals surface area (Å²) in [5, 5.41) is 9.61. The molecular formula is C8H12BrNO2. The Morgan fingerprint density at radius 3 is 2.75 bits per heavy atom. The second-order valence-electron chi connectivity index (χ2n) is 2.80. The predicted molar refractivity (Wildman–Crippen MR) is 49.6 cm³/mol. The van der Waals surface area contributed by atoms with Gasteiger partial charge in [0.15, 0.2) is 4.67 Å². The van der Waals surface area contributed by atoms with Crippen molar-refractivity contribution in [2.24, 2.45) is 11.7 Å². The van der Waals surface area contributed by atoms with E-state index in [0.29, 0.717) is 17.0 Å². The second kappa shape index (κ2) is 4.07. The SMILES string of the molecule is CC(CN)C(O)c1ccc(Br)o1. The van der Waals surface area contributed by atoms with Crippen LogP contribution < -0.4 is 5.73 Å². The standard InChI is InChI=1S/C8H12BrNO2/c1-5(4-10)8(11)6-2-3-7(9)12-6/h2-3,5,8,11H,4,10H2,1H3. The summed E-state index contributed by atoms with van der Waals surface area (Å²) in [7, 11) is 0. The molecule has 0 saturated heterocycles. The van der Waals surface area contributed by atoms with E-state index in [4.69, 9.17) is 10.2 Å². The summed E-state index contributed by atoms with van der Waals surface area (Å²) in [5.41, 5.74) is 5.40. The van der Waals surface area contributed by atoms with E-state index >= 15 is 0 Å². The van der Waals surface area contributed by atoms with Gasteiger partial charge in [-0.15, -0.1) is 0 Å². The molecule has 0 bridgehead atoms. The first kappa shape index (κ1) is 9.77. The van der Waals surface area contributed by atoms with Crippen LogP contribution in [0.15, 0.2) is 21.2 Å². The molecule has 2 unspecified atom stereocenters. The van der Waals surface area contributed by atoms with Crippen LogP contribution in [0.25, 0.3) is 0 Å². The third-order valence-corrected chi connectivity index (χ3v) is 2.22. The third kappa shape index (κ3) is 2.09. The van der Waals surface area contributed by atoms with Gasteiger partial charge in [-0.1, -0.05) is 6.92 Å². The maximum absolute atomic E-state index is 9.61. The third-order valence-electron chi connectivity index (χ3n) is 1.80. The molecule has 0 aromatic carbocycles. The van der Waals surface area contributed by atoms with Crippen LogP contribution >= 0.6 is 15.9 Å². The predicted octanol–water partition coefficient (Wildman–Crippen LogP) is 1.67. The first-order valence-electron chi connectivity index (χ1n) is 3.78. The molecule has 12 heavy (non-hydrogen) atoms. The quantitative estimate of drug-likeness (QED) is 0.836. The Balaban J connectivity index is 2.70. The maximum atomic E-state index is 9.61. The Morgan fingerprint density at radius 1 is 1.67 bits per heavy atom. The van der Waals surface area contributed by atoms with Gasteiger partial charge in [0, 0.05) is 5.92 Å². The Bertz CT molecular complexity index is 249. The number of hydrogen-bond acceptors (Lipinski definition) is 3. The van der Waals surface area contributed by atoms with Crippen molar-refractivity contribution in [3.63, 3.8) is 0 Å². The van der Waals surface area contributed by atoms with E-state index in [-0.39, 0.29) is 5.92 Å². The molecular weight excluding hydrogens is 222 g/mol. The highest BCUT2D eigenvalue weighted by atomic mass is 79.9. The lowest BCUT2D eigenvalue weighted by molar-refractivity contribution is 0.0969. The molecule has 2 atom stereocenters. The lowest BCUT2D eigenvalue weighted by atomic mass is 10.0. The highest BCUT2D eigenvalue weighted by molar-refractivity contribution is 9.10. The number of furan rings is 1. The van der Waals surface area contributed by atoms with Crippen molar-refractivity contribution in [2.75, 3.05) is 6.54 Å². The van der Waals surface area contributed by atoms with Gasteiger partial charge in [-0.3, -0.25) is 0 Å². The smallest absolute Gasteiger partial charge is 0.169 e. The van der Waals surface area contributed by atoms with Crippen LogP contribution in [0.5, 0.6) is 0 Å². The van der Waals surface area contributed by atoms with Crippen molar-refractivity contribution in [3.8, 4) is 0 Å². The molecule has 0 aliphatic rings. The molecule has 1 aromatic rings. The van der Waals surface area contributed by atoms with Gasteiger partial charge in [0.2, 0.25) is 0 Å². The first-order valence-corrected chi connectivity index (χ1v) is 4.57. The molecule has 0 saturated carbocycles. The Kier molecular flexibility index (Phi) is 3.31. The summed E-state index contributed by atoms with van der Waals surface area (Å²) in [6, 6.07) is 3.49. The van der Waals surface area contributed by atoms with Crippen LogP contribution in [0, 0.1) is 5.92 Å². The average molecular weight is 234 g/mol. The number of halogens is 1. The highest BCUT2D eigenvalue weighted by Gasteiger charge is 2.17. The van der Waals surface area contributed by atoms with Crippen molar-refractivity contribution in [1.82, 2.24) is 0 Å². The van der Waals surface area contributed by atoms with Gasteiger partial charge in [-0.05, 0) is 34.6 Å². The van der Waals surface area contributed by atoms with Crippen molar-refractivity contribution >= 4 is 15.9 Å². The normalized spacial score (nSPS) is 16.0. The molecule has 0 fully saturated rings. The molecule has 3 nitrogen and oxygen atoms in total. The van der Waals surface area contributed by atoms with Crippen molar-refractivity contribution < 1.29 is 9.52 Å². The van der Waals surface area contributed by atoms with Crippen LogP contribution in [0.3, 0.4) is 0 Å². The Morgan fingerprint density at radius 2 is 2.33 bits per heavy atom. The summed E-state index contributed by atoms with van der Waals surface area (Å²) in [6.07, 6.45) is -0.610. The summed E-state index contributed by atoms with van der Waals surface area (Å²) < 4.78 is 5.81. The van der Waals surface area contributed by atoms with E-state index in [9.17, 15) is 5.11 Å². The molecule has 1 aromatic heterocycles. The Hall–Kier alpha value is -0.320. The summed E-state index contributed by atoms with van der Waals surface area (Å²) in [4.78, 5) is 0. The molecule has 0 aliphatic carbocycles. The van der Waals surface area contributed by atoms with Gasteiger partial charge in [0.1, 0.15) is 11.9 Å². The monoisotopic (exact) mass is 233 g/mol. The lowest BCUT2D eigenvalue weighted by Gasteiger charge is -2.13. The van der Waals surface area contributed by atoms with Gasteiger partial charge in [-0.2, -0.15) is 0 Å². The number of aliphatic hydroxyl groups excluding tert-OH is 1. The molecule has 1 heterocycles. The highest BCUT2D eigenvalue weighted by Crippen LogP contribution is 2.25. The zero-order valence-corrected chi connectivity index (χ0v) is 8.41. The zero-order chi connectivity index (χ0) is 9.14. The molecule has 0 aliphatic heterocycles. The topological polar surface area (TPSA) is 59.4 Å². The van der Waals surface area contributed by atoms with Crippen LogP contribution in [0.2, 0.25) is 0 Å². The fraction of sp³-hybridized carbons (Fsp3) is 0.500. The Labute approximate surface area is 79.7 Å². The largest absolute Gasteiger partial charge is 0.452 e. The molecule has 3 N–H and O–H groups in total. The minimum Gasteiger partial charge on any atom is -0.452 e. The minimum absolute atomic E-state index is 0.0167. The van der Waals surface area contributed by atoms with Crippen molar-refractivity contribution in [3.05, 3.63) is 22.6 Å². The summed E-state index contributed by atoms with van der Waals surface area (Å²) >= 11 is 3.16. The van der Waals surface area contributed by atoms with Crippen molar-refractivity contribution in [2.45, 2.75) is 13.0 Å². The molecule has 0 spiro atoms. The first-order chi connectivity index (χ1) is 5.65. The molecule has 0 amide bonds. The average Bonchev–Trinajstić information content (AvgIpc) is 2.49. The number of nitrogens with two attached hydrogens (primary N) is 1. The molecule has 1 rings (SSSR count). The van der Waals surface area contributed by atoms with Gasteiger partial charge in [0.05, 0.1) is 0 Å². The number of rotatable bonds is 3. The van der Waals surface area contributed by atoms with Gasteiger partial charge in [0.25, 0.3) is 0 Å². The lowest BCUT2D eigenvalue weighted by Crippen LogP contribution is -2.18. The van der Waals surface area contributed by atoms with Crippen molar-refractivity contribution in [1.29, 1.82) is 0 Å². The second-order valence-corrected chi connectivity index (χ2v) is 3.58. The van der Waals surface area contributed by atoms with Gasteiger partial charge in [-0.25, -0.2) is 0 Å². The maximum Gasteiger partial charge on any atom is 0.169 e. The van der Waals surface area contributed by atoms with Crippen LogP contribution in [-0.4, -0.2) is 11.7 Å². The summed E-state index contributed by atoms with van der Waals surface area (Å²) in [5.74, 6) is 0.572. The number of hydrogen-bond donors (Lipinski definition) is 2. The fourth-order valence-corrected chi connectivity index (χ4v) is 1.22. The number of aliphatic hydroxyl groups is 1. The van der Waals surface area contributed by atoms with Gasteiger partial charge >= 0.3 is 0 Å². The summed E-state index contributed by atoms with van der Waals surface area (Å²) in [6.45, 7) is 2.32. The molecule has 4 heteroatoms. The van der Waals surface area contributed by atoms with Crippen LogP contribution in [-0.2, 0) is 0 Å². The van der Waals surface area contributed by atoms with E-state index in [0.717, 1.165) is 0 Å². The molecule has 0 radical (unpaired) electrons. The molecule has 68 valence electrons.